The highest BCUT2D eigenvalue weighted by molar-refractivity contribution is 6.43. The van der Waals surface area contributed by atoms with Crippen LogP contribution in [-0.2, 0) is 9.59 Å². The number of hydrogen-bond acceptors (Lipinski definition) is 3. The van der Waals surface area contributed by atoms with Gasteiger partial charge in [-0.15, -0.1) is 0 Å². The van der Waals surface area contributed by atoms with Gasteiger partial charge in [-0.25, -0.2) is 0 Å². The van der Waals surface area contributed by atoms with Crippen molar-refractivity contribution in [3.63, 3.8) is 0 Å². The van der Waals surface area contributed by atoms with Crippen LogP contribution in [0.15, 0.2) is 48.5 Å². The Kier molecular flexibility index (Phi) is 5.14. The highest BCUT2D eigenvalue weighted by Gasteiger charge is 2.15. The summed E-state index contributed by atoms with van der Waals surface area (Å²) in [4.78, 5) is 23.9. The lowest BCUT2D eigenvalue weighted by Crippen LogP contribution is -2.29. The monoisotopic (exact) mass is 298 g/mol. The second kappa shape index (κ2) is 7.26. The molecular formula is C17H18N2O3. The van der Waals surface area contributed by atoms with Gasteiger partial charge in [0.15, 0.2) is 0 Å². The number of benzene rings is 2. The molecule has 0 saturated heterocycles. The predicted octanol–water partition coefficient (Wildman–Crippen LogP) is 2.97. The van der Waals surface area contributed by atoms with Crippen LogP contribution >= 0.6 is 0 Å². The van der Waals surface area contributed by atoms with Gasteiger partial charge in [-0.1, -0.05) is 24.3 Å². The van der Waals surface area contributed by atoms with Crippen LogP contribution in [0.1, 0.15) is 12.5 Å². The number of anilines is 2. The molecule has 114 valence electrons. The number of amides is 2. The van der Waals surface area contributed by atoms with Gasteiger partial charge in [0.1, 0.15) is 5.75 Å². The van der Waals surface area contributed by atoms with Crippen LogP contribution in [0.3, 0.4) is 0 Å². The highest BCUT2D eigenvalue weighted by Crippen LogP contribution is 2.23. The van der Waals surface area contributed by atoms with Crippen LogP contribution in [0, 0.1) is 6.92 Å². The molecule has 0 aliphatic heterocycles. The average molecular weight is 298 g/mol. The molecule has 0 aromatic heterocycles. The SMILES string of the molecule is CCOc1ccccc1NC(=O)C(=O)Nc1cccc(C)c1. The van der Waals surface area contributed by atoms with E-state index in [-0.39, 0.29) is 0 Å². The first-order valence-corrected chi connectivity index (χ1v) is 7.01. The summed E-state index contributed by atoms with van der Waals surface area (Å²) >= 11 is 0. The Labute approximate surface area is 129 Å². The van der Waals surface area contributed by atoms with E-state index >= 15 is 0 Å². The smallest absolute Gasteiger partial charge is 0.314 e. The van der Waals surface area contributed by atoms with Crippen molar-refractivity contribution in [2.75, 3.05) is 17.2 Å². The molecule has 2 aromatic carbocycles. The van der Waals surface area contributed by atoms with Crippen molar-refractivity contribution in [3.05, 3.63) is 54.1 Å². The molecule has 2 N–H and O–H groups in total. The molecule has 0 aliphatic carbocycles. The van der Waals surface area contributed by atoms with E-state index in [0.29, 0.717) is 23.7 Å². The standard InChI is InChI=1S/C17H18N2O3/c1-3-22-15-10-5-4-9-14(15)19-17(21)16(20)18-13-8-6-7-12(2)11-13/h4-11H,3H2,1-2H3,(H,18,20)(H,19,21). The summed E-state index contributed by atoms with van der Waals surface area (Å²) in [6, 6.07) is 14.2. The molecule has 2 aromatic rings. The molecule has 0 heterocycles. The maximum atomic E-state index is 12.0. The maximum Gasteiger partial charge on any atom is 0.314 e. The second-order valence-electron chi connectivity index (χ2n) is 4.71. The lowest BCUT2D eigenvalue weighted by molar-refractivity contribution is -0.133. The van der Waals surface area contributed by atoms with Gasteiger partial charge in [0.05, 0.1) is 12.3 Å². The van der Waals surface area contributed by atoms with Crippen molar-refractivity contribution in [2.45, 2.75) is 13.8 Å². The molecule has 0 fully saturated rings. The largest absolute Gasteiger partial charge is 0.492 e. The summed E-state index contributed by atoms with van der Waals surface area (Å²) in [5.74, 6) is -0.938. The number of rotatable bonds is 4. The van der Waals surface area contributed by atoms with E-state index in [9.17, 15) is 9.59 Å². The van der Waals surface area contributed by atoms with E-state index in [1.165, 1.54) is 0 Å². The van der Waals surface area contributed by atoms with Gasteiger partial charge in [0, 0.05) is 5.69 Å². The number of carbonyl (C=O) groups is 2. The van der Waals surface area contributed by atoms with Crippen LogP contribution in [-0.4, -0.2) is 18.4 Å². The molecule has 2 amide bonds. The van der Waals surface area contributed by atoms with Crippen molar-refractivity contribution in [2.24, 2.45) is 0 Å². The van der Waals surface area contributed by atoms with E-state index in [4.69, 9.17) is 4.74 Å². The Hall–Kier alpha value is -2.82. The van der Waals surface area contributed by atoms with Crippen LogP contribution in [0.25, 0.3) is 0 Å². The fraction of sp³-hybridized carbons (Fsp3) is 0.176. The first kappa shape index (κ1) is 15.6. The first-order valence-electron chi connectivity index (χ1n) is 7.01. The molecule has 0 atom stereocenters. The van der Waals surface area contributed by atoms with Gasteiger partial charge < -0.3 is 15.4 Å². The van der Waals surface area contributed by atoms with Crippen molar-refractivity contribution in [1.82, 2.24) is 0 Å². The van der Waals surface area contributed by atoms with Gasteiger partial charge in [-0.3, -0.25) is 9.59 Å². The van der Waals surface area contributed by atoms with Crippen LogP contribution in [0.5, 0.6) is 5.75 Å². The third-order valence-electron chi connectivity index (χ3n) is 2.92. The molecule has 0 unspecified atom stereocenters. The Morgan fingerprint density at radius 2 is 1.73 bits per heavy atom. The molecule has 22 heavy (non-hydrogen) atoms. The van der Waals surface area contributed by atoms with Gasteiger partial charge in [0.25, 0.3) is 0 Å². The fourth-order valence-electron chi connectivity index (χ4n) is 1.94. The minimum Gasteiger partial charge on any atom is -0.492 e. The lowest BCUT2D eigenvalue weighted by atomic mass is 10.2. The summed E-state index contributed by atoms with van der Waals surface area (Å²) < 4.78 is 5.41. The summed E-state index contributed by atoms with van der Waals surface area (Å²) in [6.07, 6.45) is 0. The minimum atomic E-state index is -0.742. The highest BCUT2D eigenvalue weighted by atomic mass is 16.5. The maximum absolute atomic E-state index is 12.0. The van der Waals surface area contributed by atoms with E-state index < -0.39 is 11.8 Å². The van der Waals surface area contributed by atoms with Crippen molar-refractivity contribution in [3.8, 4) is 5.75 Å². The number of carbonyl (C=O) groups excluding carboxylic acids is 2. The summed E-state index contributed by atoms with van der Waals surface area (Å²) in [6.45, 7) is 4.24. The van der Waals surface area contributed by atoms with E-state index in [1.807, 2.05) is 26.0 Å². The summed E-state index contributed by atoms with van der Waals surface area (Å²) in [5, 5.41) is 5.12. The van der Waals surface area contributed by atoms with E-state index in [0.717, 1.165) is 5.56 Å². The zero-order valence-corrected chi connectivity index (χ0v) is 12.6. The number of aryl methyl sites for hydroxylation is 1. The van der Waals surface area contributed by atoms with E-state index in [2.05, 4.69) is 10.6 Å². The Morgan fingerprint density at radius 1 is 1.00 bits per heavy atom. The topological polar surface area (TPSA) is 67.4 Å². The zero-order chi connectivity index (χ0) is 15.9. The number of hydrogen-bond donors (Lipinski definition) is 2. The van der Waals surface area contributed by atoms with E-state index in [1.54, 1.807) is 36.4 Å². The molecule has 0 radical (unpaired) electrons. The minimum absolute atomic E-state index is 0.466. The van der Waals surface area contributed by atoms with Gasteiger partial charge >= 0.3 is 11.8 Å². The summed E-state index contributed by atoms with van der Waals surface area (Å²) in [7, 11) is 0. The average Bonchev–Trinajstić information content (AvgIpc) is 2.49. The second-order valence-corrected chi connectivity index (χ2v) is 4.71. The lowest BCUT2D eigenvalue weighted by Gasteiger charge is -2.11. The van der Waals surface area contributed by atoms with Gasteiger partial charge in [0.2, 0.25) is 0 Å². The van der Waals surface area contributed by atoms with Crippen LogP contribution in [0.4, 0.5) is 11.4 Å². The number of nitrogens with one attached hydrogen (secondary N) is 2. The quantitative estimate of drug-likeness (QED) is 0.853. The fourth-order valence-corrected chi connectivity index (χ4v) is 1.94. The molecule has 5 nitrogen and oxygen atoms in total. The molecule has 5 heteroatoms. The molecule has 0 aliphatic rings. The normalized spacial score (nSPS) is 9.91. The molecule has 2 rings (SSSR count). The number of para-hydroxylation sites is 2. The van der Waals surface area contributed by atoms with Crippen molar-refractivity contribution < 1.29 is 14.3 Å². The summed E-state index contributed by atoms with van der Waals surface area (Å²) in [5.41, 5.74) is 2.05. The van der Waals surface area contributed by atoms with Crippen molar-refractivity contribution in [1.29, 1.82) is 0 Å². The zero-order valence-electron chi connectivity index (χ0n) is 12.6. The number of ether oxygens (including phenoxy) is 1. The van der Waals surface area contributed by atoms with Crippen molar-refractivity contribution >= 4 is 23.2 Å². The Morgan fingerprint density at radius 3 is 2.45 bits per heavy atom. The Balaban J connectivity index is 2.04. The first-order chi connectivity index (χ1) is 10.6. The van der Waals surface area contributed by atoms with Gasteiger partial charge in [-0.05, 0) is 43.7 Å². The van der Waals surface area contributed by atoms with Crippen LogP contribution in [0.2, 0.25) is 0 Å². The molecule has 0 saturated carbocycles. The Bertz CT molecular complexity index is 683. The third-order valence-corrected chi connectivity index (χ3v) is 2.92. The molecule has 0 spiro atoms. The molecule has 0 bridgehead atoms. The van der Waals surface area contributed by atoms with Crippen LogP contribution < -0.4 is 15.4 Å². The predicted molar refractivity (Wildman–Crippen MR) is 86.0 cm³/mol. The third kappa shape index (κ3) is 4.09. The van der Waals surface area contributed by atoms with Gasteiger partial charge in [-0.2, -0.15) is 0 Å². The molecular weight excluding hydrogens is 280 g/mol.